The van der Waals surface area contributed by atoms with Crippen LogP contribution in [-0.2, 0) is 0 Å². The molecule has 0 saturated heterocycles. The first-order chi connectivity index (χ1) is 7.13. The summed E-state index contributed by atoms with van der Waals surface area (Å²) in [7, 11) is 1.73. The van der Waals surface area contributed by atoms with Gasteiger partial charge < -0.3 is 15.5 Å². The van der Waals surface area contributed by atoms with Crippen LogP contribution < -0.4 is 11.1 Å². The van der Waals surface area contributed by atoms with Crippen LogP contribution in [0.5, 0.6) is 0 Å². The van der Waals surface area contributed by atoms with Crippen molar-refractivity contribution in [3.05, 3.63) is 29.5 Å². The average molecular weight is 204 g/mol. The van der Waals surface area contributed by atoms with Crippen molar-refractivity contribution in [1.29, 1.82) is 0 Å². The number of fused-ring (bicyclic) bond motifs is 1. The lowest BCUT2D eigenvalue weighted by Crippen LogP contribution is -2.11. The van der Waals surface area contributed by atoms with Gasteiger partial charge in [-0.1, -0.05) is 6.07 Å². The third kappa shape index (κ3) is 1.44. The number of hydrogen-bond donors (Lipinski definition) is 2. The maximum atomic E-state index is 11.1. The van der Waals surface area contributed by atoms with Gasteiger partial charge in [0.2, 0.25) is 5.76 Å². The van der Waals surface area contributed by atoms with E-state index in [1.165, 1.54) is 0 Å². The van der Waals surface area contributed by atoms with Crippen molar-refractivity contribution < 1.29 is 9.21 Å². The standard InChI is InChI=1S/C11H12N2O2/c1-6-3-4-7-8(5-6)15-10(11(12)14)9(7)13-2/h3-5,13H,1-2H3,(H2,12,14). The van der Waals surface area contributed by atoms with E-state index in [1.54, 1.807) is 7.05 Å². The maximum absolute atomic E-state index is 11.1. The highest BCUT2D eigenvalue weighted by molar-refractivity contribution is 6.05. The highest BCUT2D eigenvalue weighted by atomic mass is 16.3. The fourth-order valence-corrected chi connectivity index (χ4v) is 1.63. The van der Waals surface area contributed by atoms with Gasteiger partial charge in [-0.15, -0.1) is 0 Å². The molecule has 1 aromatic heterocycles. The van der Waals surface area contributed by atoms with Crippen molar-refractivity contribution >= 4 is 22.6 Å². The van der Waals surface area contributed by atoms with Gasteiger partial charge in [-0.3, -0.25) is 4.79 Å². The summed E-state index contributed by atoms with van der Waals surface area (Å²) in [5.41, 5.74) is 7.62. The van der Waals surface area contributed by atoms with Crippen LogP contribution in [0.4, 0.5) is 5.69 Å². The highest BCUT2D eigenvalue weighted by Crippen LogP contribution is 2.30. The summed E-state index contributed by atoms with van der Waals surface area (Å²) in [6.07, 6.45) is 0. The Labute approximate surface area is 87.1 Å². The molecule has 2 rings (SSSR count). The van der Waals surface area contributed by atoms with E-state index in [0.29, 0.717) is 11.3 Å². The molecule has 0 aliphatic rings. The maximum Gasteiger partial charge on any atom is 0.286 e. The third-order valence-corrected chi connectivity index (χ3v) is 2.32. The fraction of sp³-hybridized carbons (Fsp3) is 0.182. The Bertz CT molecular complexity index is 529. The van der Waals surface area contributed by atoms with Gasteiger partial charge in [0.1, 0.15) is 5.58 Å². The van der Waals surface area contributed by atoms with E-state index in [4.69, 9.17) is 10.2 Å². The van der Waals surface area contributed by atoms with E-state index in [-0.39, 0.29) is 5.76 Å². The van der Waals surface area contributed by atoms with Crippen molar-refractivity contribution in [2.24, 2.45) is 5.73 Å². The van der Waals surface area contributed by atoms with Crippen LogP contribution in [-0.4, -0.2) is 13.0 Å². The van der Waals surface area contributed by atoms with Crippen LogP contribution in [0.2, 0.25) is 0 Å². The smallest absolute Gasteiger partial charge is 0.286 e. The number of hydrogen-bond acceptors (Lipinski definition) is 3. The second kappa shape index (κ2) is 3.31. The SMILES string of the molecule is CNc1c(C(N)=O)oc2cc(C)ccc12. The van der Waals surface area contributed by atoms with E-state index >= 15 is 0 Å². The monoisotopic (exact) mass is 204 g/mol. The average Bonchev–Trinajstić information content (AvgIpc) is 2.55. The lowest BCUT2D eigenvalue weighted by atomic mass is 10.1. The summed E-state index contributed by atoms with van der Waals surface area (Å²) in [5.74, 6) is -0.383. The van der Waals surface area contributed by atoms with Gasteiger partial charge in [-0.25, -0.2) is 0 Å². The van der Waals surface area contributed by atoms with E-state index in [2.05, 4.69) is 5.32 Å². The molecule has 0 spiro atoms. The van der Waals surface area contributed by atoms with Crippen molar-refractivity contribution in [2.45, 2.75) is 6.92 Å². The van der Waals surface area contributed by atoms with E-state index in [0.717, 1.165) is 10.9 Å². The van der Waals surface area contributed by atoms with Crippen molar-refractivity contribution in [3.63, 3.8) is 0 Å². The second-order valence-corrected chi connectivity index (χ2v) is 3.42. The minimum atomic E-state index is -0.562. The number of anilines is 1. The molecular weight excluding hydrogens is 192 g/mol. The molecule has 1 heterocycles. The molecule has 3 N–H and O–H groups in total. The van der Waals surface area contributed by atoms with Gasteiger partial charge in [-0.2, -0.15) is 0 Å². The number of primary amides is 1. The summed E-state index contributed by atoms with van der Waals surface area (Å²) < 4.78 is 5.40. The van der Waals surface area contributed by atoms with Crippen LogP contribution in [0.25, 0.3) is 11.0 Å². The summed E-state index contributed by atoms with van der Waals surface area (Å²) in [6, 6.07) is 5.75. The zero-order valence-corrected chi connectivity index (χ0v) is 8.63. The molecule has 0 atom stereocenters. The Hall–Kier alpha value is -1.97. The Morgan fingerprint density at radius 1 is 1.47 bits per heavy atom. The number of rotatable bonds is 2. The predicted molar refractivity (Wildman–Crippen MR) is 59.0 cm³/mol. The summed E-state index contributed by atoms with van der Waals surface area (Å²) in [6.45, 7) is 1.96. The minimum absolute atomic E-state index is 0.179. The molecule has 2 aromatic rings. The van der Waals surface area contributed by atoms with Crippen molar-refractivity contribution in [1.82, 2.24) is 0 Å². The zero-order valence-electron chi connectivity index (χ0n) is 8.63. The molecule has 0 saturated carbocycles. The van der Waals surface area contributed by atoms with Crippen molar-refractivity contribution in [2.75, 3.05) is 12.4 Å². The van der Waals surface area contributed by atoms with Crippen LogP contribution in [0.1, 0.15) is 16.1 Å². The number of amides is 1. The molecule has 0 fully saturated rings. The summed E-state index contributed by atoms with van der Waals surface area (Å²) in [4.78, 5) is 11.1. The van der Waals surface area contributed by atoms with Gasteiger partial charge in [0.15, 0.2) is 0 Å². The zero-order chi connectivity index (χ0) is 11.0. The number of carbonyl (C=O) groups is 1. The highest BCUT2D eigenvalue weighted by Gasteiger charge is 2.16. The lowest BCUT2D eigenvalue weighted by Gasteiger charge is -1.97. The van der Waals surface area contributed by atoms with Crippen molar-refractivity contribution in [3.8, 4) is 0 Å². The van der Waals surface area contributed by atoms with E-state index in [1.807, 2.05) is 25.1 Å². The number of nitrogens with one attached hydrogen (secondary N) is 1. The number of furan rings is 1. The predicted octanol–water partition coefficient (Wildman–Crippen LogP) is 1.88. The quantitative estimate of drug-likeness (QED) is 0.784. The Morgan fingerprint density at radius 3 is 2.80 bits per heavy atom. The molecule has 0 aliphatic carbocycles. The van der Waals surface area contributed by atoms with Crippen LogP contribution in [0.15, 0.2) is 22.6 Å². The third-order valence-electron chi connectivity index (χ3n) is 2.32. The minimum Gasteiger partial charge on any atom is -0.449 e. The molecule has 4 heteroatoms. The number of benzene rings is 1. The Kier molecular flexibility index (Phi) is 2.11. The molecule has 78 valence electrons. The normalized spacial score (nSPS) is 10.5. The number of aryl methyl sites for hydroxylation is 1. The summed E-state index contributed by atoms with van der Waals surface area (Å²) in [5, 5.41) is 3.80. The Morgan fingerprint density at radius 2 is 2.20 bits per heavy atom. The molecule has 1 aromatic carbocycles. The molecule has 4 nitrogen and oxygen atoms in total. The van der Waals surface area contributed by atoms with Gasteiger partial charge in [-0.05, 0) is 24.6 Å². The van der Waals surface area contributed by atoms with Gasteiger partial charge in [0.05, 0.1) is 5.69 Å². The molecule has 1 amide bonds. The Balaban J connectivity index is 2.78. The van der Waals surface area contributed by atoms with Gasteiger partial charge >= 0.3 is 0 Å². The first-order valence-electron chi connectivity index (χ1n) is 4.64. The molecule has 15 heavy (non-hydrogen) atoms. The first-order valence-corrected chi connectivity index (χ1v) is 4.64. The van der Waals surface area contributed by atoms with Gasteiger partial charge in [0, 0.05) is 12.4 Å². The van der Waals surface area contributed by atoms with Gasteiger partial charge in [0.25, 0.3) is 5.91 Å². The molecule has 0 bridgehead atoms. The molecular formula is C11H12N2O2. The topological polar surface area (TPSA) is 68.3 Å². The largest absolute Gasteiger partial charge is 0.449 e. The molecule has 0 radical (unpaired) electrons. The molecule has 0 aliphatic heterocycles. The second-order valence-electron chi connectivity index (χ2n) is 3.42. The van der Waals surface area contributed by atoms with E-state index < -0.39 is 5.91 Å². The van der Waals surface area contributed by atoms with E-state index in [9.17, 15) is 4.79 Å². The summed E-state index contributed by atoms with van der Waals surface area (Å²) >= 11 is 0. The first kappa shape index (κ1) is 9.58. The van der Waals surface area contributed by atoms with Crippen LogP contribution in [0, 0.1) is 6.92 Å². The lowest BCUT2D eigenvalue weighted by molar-refractivity contribution is 0.0977. The fourth-order valence-electron chi connectivity index (χ4n) is 1.63. The van der Waals surface area contributed by atoms with Crippen LogP contribution in [0.3, 0.4) is 0 Å². The number of nitrogens with two attached hydrogens (primary N) is 1. The molecule has 0 unspecified atom stereocenters. The number of carbonyl (C=O) groups excluding carboxylic acids is 1. The van der Waals surface area contributed by atoms with Crippen LogP contribution >= 0.6 is 0 Å².